The fourth-order valence-corrected chi connectivity index (χ4v) is 1.35. The van der Waals surface area contributed by atoms with Crippen molar-refractivity contribution >= 4 is 5.69 Å². The van der Waals surface area contributed by atoms with E-state index in [1.165, 1.54) is 0 Å². The second kappa shape index (κ2) is 5.26. The molecule has 0 spiro atoms. The topological polar surface area (TPSA) is 36.3 Å². The predicted octanol–water partition coefficient (Wildman–Crippen LogP) is 2.43. The van der Waals surface area contributed by atoms with Crippen molar-refractivity contribution in [3.63, 3.8) is 0 Å². The number of ether oxygens (including phenoxy) is 1. The van der Waals surface area contributed by atoms with Crippen molar-refractivity contribution < 1.29 is 4.74 Å². The van der Waals surface area contributed by atoms with E-state index in [2.05, 4.69) is 11.0 Å². The van der Waals surface area contributed by atoms with Crippen molar-refractivity contribution in [2.24, 2.45) is 0 Å². The van der Waals surface area contributed by atoms with E-state index in [4.69, 9.17) is 10.00 Å². The first-order chi connectivity index (χ1) is 7.19. The maximum absolute atomic E-state index is 8.63. The number of benzene rings is 1. The summed E-state index contributed by atoms with van der Waals surface area (Å²) in [5.41, 5.74) is 1.07. The van der Waals surface area contributed by atoms with Gasteiger partial charge in [-0.05, 0) is 19.1 Å². The third-order valence-electron chi connectivity index (χ3n) is 2.51. The Morgan fingerprint density at radius 3 is 2.87 bits per heavy atom. The summed E-state index contributed by atoms with van der Waals surface area (Å²) in [5.74, 6) is 0.837. The molecule has 1 rings (SSSR count). The van der Waals surface area contributed by atoms with Crippen LogP contribution in [-0.2, 0) is 0 Å². The Labute approximate surface area is 90.9 Å². The van der Waals surface area contributed by atoms with E-state index in [9.17, 15) is 0 Å². The molecule has 0 aliphatic carbocycles. The second-order valence-electron chi connectivity index (χ2n) is 3.52. The predicted molar refractivity (Wildman–Crippen MR) is 61.1 cm³/mol. The first kappa shape index (κ1) is 11.4. The average Bonchev–Trinajstić information content (AvgIpc) is 2.28. The van der Waals surface area contributed by atoms with Crippen LogP contribution in [0.4, 0.5) is 5.69 Å². The van der Waals surface area contributed by atoms with Gasteiger partial charge in [-0.2, -0.15) is 5.26 Å². The first-order valence-electron chi connectivity index (χ1n) is 4.93. The highest BCUT2D eigenvalue weighted by Gasteiger charge is 2.09. The van der Waals surface area contributed by atoms with Crippen LogP contribution in [-0.4, -0.2) is 20.2 Å². The van der Waals surface area contributed by atoms with Crippen molar-refractivity contribution in [1.82, 2.24) is 0 Å². The molecular weight excluding hydrogens is 188 g/mol. The molecule has 0 fully saturated rings. The number of hydrogen-bond acceptors (Lipinski definition) is 3. The minimum Gasteiger partial charge on any atom is -0.497 e. The zero-order valence-electron chi connectivity index (χ0n) is 9.40. The van der Waals surface area contributed by atoms with Crippen LogP contribution in [0.25, 0.3) is 0 Å². The normalized spacial score (nSPS) is 11.6. The van der Waals surface area contributed by atoms with Gasteiger partial charge in [0.15, 0.2) is 0 Å². The standard InChI is InChI=1S/C12H16N2O/c1-10(7-8-13)14(2)11-5-4-6-12(9-11)15-3/h4-6,9-10H,7H2,1-3H3. The fraction of sp³-hybridized carbons (Fsp3) is 0.417. The Hall–Kier alpha value is -1.69. The lowest BCUT2D eigenvalue weighted by molar-refractivity contribution is 0.414. The summed E-state index contributed by atoms with van der Waals surface area (Å²) in [6.07, 6.45) is 0.522. The smallest absolute Gasteiger partial charge is 0.120 e. The van der Waals surface area contributed by atoms with E-state index in [1.54, 1.807) is 7.11 Å². The minimum absolute atomic E-state index is 0.210. The molecule has 3 nitrogen and oxygen atoms in total. The number of rotatable bonds is 4. The average molecular weight is 204 g/mol. The van der Waals surface area contributed by atoms with Gasteiger partial charge in [-0.15, -0.1) is 0 Å². The molecule has 80 valence electrons. The fourth-order valence-electron chi connectivity index (χ4n) is 1.35. The van der Waals surface area contributed by atoms with Crippen LogP contribution in [0.15, 0.2) is 24.3 Å². The highest BCUT2D eigenvalue weighted by molar-refractivity contribution is 5.50. The molecule has 1 aromatic carbocycles. The van der Waals surface area contributed by atoms with Crippen molar-refractivity contribution in [3.05, 3.63) is 24.3 Å². The molecule has 1 unspecified atom stereocenters. The quantitative estimate of drug-likeness (QED) is 0.755. The Kier molecular flexibility index (Phi) is 3.99. The van der Waals surface area contributed by atoms with Gasteiger partial charge in [-0.3, -0.25) is 0 Å². The maximum Gasteiger partial charge on any atom is 0.120 e. The van der Waals surface area contributed by atoms with Gasteiger partial charge in [0.25, 0.3) is 0 Å². The highest BCUT2D eigenvalue weighted by Crippen LogP contribution is 2.21. The molecular formula is C12H16N2O. The third kappa shape index (κ3) is 2.88. The number of hydrogen-bond donors (Lipinski definition) is 0. The molecule has 0 saturated carbocycles. The Morgan fingerprint density at radius 2 is 2.27 bits per heavy atom. The van der Waals surface area contributed by atoms with E-state index in [1.807, 2.05) is 38.2 Å². The lowest BCUT2D eigenvalue weighted by Crippen LogP contribution is -2.28. The summed E-state index contributed by atoms with van der Waals surface area (Å²) < 4.78 is 5.15. The number of nitrogens with zero attached hydrogens (tertiary/aromatic N) is 2. The number of methoxy groups -OCH3 is 1. The molecule has 0 radical (unpaired) electrons. The SMILES string of the molecule is COc1cccc(N(C)C(C)CC#N)c1. The van der Waals surface area contributed by atoms with Crippen LogP contribution in [0, 0.1) is 11.3 Å². The summed E-state index contributed by atoms with van der Waals surface area (Å²) in [5, 5.41) is 8.63. The van der Waals surface area contributed by atoms with Gasteiger partial charge in [-0.25, -0.2) is 0 Å². The molecule has 0 aliphatic rings. The van der Waals surface area contributed by atoms with Gasteiger partial charge in [0.2, 0.25) is 0 Å². The van der Waals surface area contributed by atoms with Gasteiger partial charge >= 0.3 is 0 Å². The largest absolute Gasteiger partial charge is 0.497 e. The van der Waals surface area contributed by atoms with E-state index in [0.717, 1.165) is 11.4 Å². The molecule has 0 heterocycles. The molecule has 1 aromatic rings. The monoisotopic (exact) mass is 204 g/mol. The summed E-state index contributed by atoms with van der Waals surface area (Å²) >= 11 is 0. The van der Waals surface area contributed by atoms with Gasteiger partial charge in [-0.1, -0.05) is 6.07 Å². The van der Waals surface area contributed by atoms with Gasteiger partial charge in [0.1, 0.15) is 5.75 Å². The van der Waals surface area contributed by atoms with Crippen molar-refractivity contribution in [1.29, 1.82) is 5.26 Å². The Morgan fingerprint density at radius 1 is 1.53 bits per heavy atom. The van der Waals surface area contributed by atoms with Crippen LogP contribution in [0.2, 0.25) is 0 Å². The van der Waals surface area contributed by atoms with Gasteiger partial charge in [0, 0.05) is 24.8 Å². The van der Waals surface area contributed by atoms with E-state index < -0.39 is 0 Å². The van der Waals surface area contributed by atoms with Crippen LogP contribution < -0.4 is 9.64 Å². The lowest BCUT2D eigenvalue weighted by atomic mass is 10.2. The maximum atomic E-state index is 8.63. The highest BCUT2D eigenvalue weighted by atomic mass is 16.5. The van der Waals surface area contributed by atoms with Crippen LogP contribution in [0.3, 0.4) is 0 Å². The molecule has 0 aromatic heterocycles. The van der Waals surface area contributed by atoms with Crippen LogP contribution in [0.5, 0.6) is 5.75 Å². The van der Waals surface area contributed by atoms with Crippen molar-refractivity contribution in [2.45, 2.75) is 19.4 Å². The van der Waals surface area contributed by atoms with Crippen LogP contribution >= 0.6 is 0 Å². The Balaban J connectivity index is 2.81. The van der Waals surface area contributed by atoms with E-state index in [0.29, 0.717) is 6.42 Å². The van der Waals surface area contributed by atoms with Crippen molar-refractivity contribution in [3.8, 4) is 11.8 Å². The molecule has 0 aliphatic heterocycles. The molecule has 3 heteroatoms. The summed E-state index contributed by atoms with van der Waals surface area (Å²) in [6, 6.07) is 10.2. The molecule has 0 amide bonds. The van der Waals surface area contributed by atoms with Gasteiger partial charge in [0.05, 0.1) is 19.6 Å². The number of nitriles is 1. The first-order valence-corrected chi connectivity index (χ1v) is 4.93. The second-order valence-corrected chi connectivity index (χ2v) is 3.52. The number of anilines is 1. The van der Waals surface area contributed by atoms with E-state index in [-0.39, 0.29) is 6.04 Å². The molecule has 0 N–H and O–H groups in total. The molecule has 0 bridgehead atoms. The third-order valence-corrected chi connectivity index (χ3v) is 2.51. The summed E-state index contributed by atoms with van der Waals surface area (Å²) in [6.45, 7) is 2.03. The summed E-state index contributed by atoms with van der Waals surface area (Å²) in [7, 11) is 3.63. The molecule has 0 saturated heterocycles. The zero-order valence-corrected chi connectivity index (χ0v) is 9.40. The summed E-state index contributed by atoms with van der Waals surface area (Å²) in [4.78, 5) is 2.08. The minimum atomic E-state index is 0.210. The van der Waals surface area contributed by atoms with Crippen LogP contribution in [0.1, 0.15) is 13.3 Å². The lowest BCUT2D eigenvalue weighted by Gasteiger charge is -2.25. The van der Waals surface area contributed by atoms with E-state index >= 15 is 0 Å². The Bertz CT molecular complexity index is 357. The zero-order chi connectivity index (χ0) is 11.3. The molecule has 15 heavy (non-hydrogen) atoms. The van der Waals surface area contributed by atoms with Gasteiger partial charge < -0.3 is 9.64 Å². The molecule has 1 atom stereocenters. The van der Waals surface area contributed by atoms with Crippen molar-refractivity contribution in [2.75, 3.05) is 19.1 Å².